The molecule has 0 bridgehead atoms. The summed E-state index contributed by atoms with van der Waals surface area (Å²) < 4.78 is 0. The average Bonchev–Trinajstić information content (AvgIpc) is 2.68. The van der Waals surface area contributed by atoms with Gasteiger partial charge in [0.1, 0.15) is 0 Å². The Morgan fingerprint density at radius 3 is 2.88 bits per heavy atom. The third-order valence-corrected chi connectivity index (χ3v) is 2.76. The highest BCUT2D eigenvalue weighted by Gasteiger charge is 2.26. The average molecular weight is 231 g/mol. The normalized spacial score (nSPS) is 15.0. The van der Waals surface area contributed by atoms with Crippen molar-refractivity contribution in [3.63, 3.8) is 0 Å². The van der Waals surface area contributed by atoms with Crippen LogP contribution in [0.3, 0.4) is 0 Å². The number of isocyanates is 1. The van der Waals surface area contributed by atoms with Crippen LogP contribution in [-0.4, -0.2) is 37.1 Å². The van der Waals surface area contributed by atoms with Crippen molar-refractivity contribution in [3.8, 4) is 0 Å². The van der Waals surface area contributed by atoms with Crippen LogP contribution >= 0.6 is 0 Å². The molecule has 0 saturated carbocycles. The molecule has 0 spiro atoms. The summed E-state index contributed by atoms with van der Waals surface area (Å²) >= 11 is 0. The molecule has 2 rings (SSSR count). The number of benzene rings is 1. The Morgan fingerprint density at radius 2 is 2.24 bits per heavy atom. The molecule has 5 heteroatoms. The second-order valence-electron chi connectivity index (χ2n) is 3.93. The summed E-state index contributed by atoms with van der Waals surface area (Å²) in [5.41, 5.74) is 1.74. The predicted molar refractivity (Wildman–Crippen MR) is 63.6 cm³/mol. The molecule has 1 aromatic rings. The van der Waals surface area contributed by atoms with Crippen molar-refractivity contribution < 1.29 is 9.59 Å². The first-order valence-electron chi connectivity index (χ1n) is 5.37. The van der Waals surface area contributed by atoms with E-state index in [0.717, 1.165) is 17.8 Å². The molecule has 1 aromatic carbocycles. The largest absolute Gasteiger partial charge is 0.326 e. The van der Waals surface area contributed by atoms with Crippen LogP contribution < -0.4 is 4.90 Å². The van der Waals surface area contributed by atoms with Crippen molar-refractivity contribution in [3.05, 3.63) is 29.8 Å². The molecule has 88 valence electrons. The Bertz CT molecular complexity index is 480. The number of carbonyl (C=O) groups excluding carboxylic acids is 2. The molecular formula is C12H13N3O2. The molecule has 0 aliphatic carbocycles. The Morgan fingerprint density at radius 1 is 1.41 bits per heavy atom. The van der Waals surface area contributed by atoms with Gasteiger partial charge in [-0.3, -0.25) is 4.90 Å². The molecule has 1 aliphatic rings. The number of likely N-dealkylation sites (N-methyl/N-ethyl adjacent to an activating group) is 1. The second kappa shape index (κ2) is 4.80. The maximum absolute atomic E-state index is 11.8. The monoisotopic (exact) mass is 231 g/mol. The zero-order chi connectivity index (χ0) is 12.3. The fourth-order valence-corrected chi connectivity index (χ4v) is 1.83. The van der Waals surface area contributed by atoms with Crippen LogP contribution in [-0.2, 0) is 11.3 Å². The van der Waals surface area contributed by atoms with Gasteiger partial charge in [0.25, 0.3) is 0 Å². The molecule has 0 unspecified atom stereocenters. The number of hydrogen-bond donors (Lipinski definition) is 0. The smallest absolute Gasteiger partial charge is 0.324 e. The van der Waals surface area contributed by atoms with Crippen LogP contribution in [0.15, 0.2) is 29.3 Å². The molecule has 1 saturated heterocycles. The summed E-state index contributed by atoms with van der Waals surface area (Å²) in [6.07, 6.45) is 1.51. The van der Waals surface area contributed by atoms with Crippen LogP contribution in [0, 0.1) is 0 Å². The number of urea groups is 1. The van der Waals surface area contributed by atoms with Gasteiger partial charge in [0, 0.05) is 25.8 Å². The number of rotatable bonds is 3. The summed E-state index contributed by atoms with van der Waals surface area (Å²) in [5.74, 6) is 0. The topological polar surface area (TPSA) is 53.0 Å². The van der Waals surface area contributed by atoms with Gasteiger partial charge in [0.15, 0.2) is 0 Å². The predicted octanol–water partition coefficient (Wildman–Crippen LogP) is 1.39. The second-order valence-corrected chi connectivity index (χ2v) is 3.93. The molecule has 0 atom stereocenters. The van der Waals surface area contributed by atoms with E-state index in [9.17, 15) is 9.59 Å². The number of carbonyl (C=O) groups is 1. The molecule has 1 fully saturated rings. The van der Waals surface area contributed by atoms with E-state index in [2.05, 4.69) is 4.99 Å². The van der Waals surface area contributed by atoms with Crippen molar-refractivity contribution in [1.29, 1.82) is 0 Å². The fraction of sp³-hybridized carbons (Fsp3) is 0.333. The van der Waals surface area contributed by atoms with Crippen molar-refractivity contribution in [1.82, 2.24) is 4.90 Å². The number of anilines is 1. The third-order valence-electron chi connectivity index (χ3n) is 2.76. The van der Waals surface area contributed by atoms with E-state index in [-0.39, 0.29) is 6.03 Å². The first-order valence-corrected chi connectivity index (χ1v) is 5.37. The van der Waals surface area contributed by atoms with Gasteiger partial charge in [0.2, 0.25) is 6.08 Å². The number of nitrogens with zero attached hydrogens (tertiary/aromatic N) is 3. The Labute approximate surface area is 99.4 Å². The summed E-state index contributed by atoms with van der Waals surface area (Å²) in [4.78, 5) is 28.8. The highest BCUT2D eigenvalue weighted by Crippen LogP contribution is 2.20. The summed E-state index contributed by atoms with van der Waals surface area (Å²) in [6, 6.07) is 7.48. The van der Waals surface area contributed by atoms with E-state index in [4.69, 9.17) is 0 Å². The lowest BCUT2D eigenvalue weighted by Gasteiger charge is -2.16. The van der Waals surface area contributed by atoms with E-state index in [0.29, 0.717) is 13.1 Å². The van der Waals surface area contributed by atoms with Gasteiger partial charge in [-0.25, -0.2) is 14.6 Å². The Hall–Kier alpha value is -2.13. The SMILES string of the molecule is CN1CCN(c2cccc(CN=C=O)c2)C1=O. The van der Waals surface area contributed by atoms with Gasteiger partial charge in [0.05, 0.1) is 6.54 Å². The zero-order valence-corrected chi connectivity index (χ0v) is 9.59. The van der Waals surface area contributed by atoms with Gasteiger partial charge >= 0.3 is 6.03 Å². The first kappa shape index (κ1) is 11.4. The van der Waals surface area contributed by atoms with Crippen LogP contribution in [0.5, 0.6) is 0 Å². The van der Waals surface area contributed by atoms with Crippen molar-refractivity contribution >= 4 is 17.8 Å². The third kappa shape index (κ3) is 2.34. The highest BCUT2D eigenvalue weighted by molar-refractivity contribution is 5.93. The molecular weight excluding hydrogens is 218 g/mol. The Balaban J connectivity index is 2.21. The van der Waals surface area contributed by atoms with Gasteiger partial charge in [-0.15, -0.1) is 0 Å². The van der Waals surface area contributed by atoms with E-state index in [1.807, 2.05) is 24.3 Å². The van der Waals surface area contributed by atoms with Crippen LogP contribution in [0.4, 0.5) is 10.5 Å². The minimum absolute atomic E-state index is 0.000962. The van der Waals surface area contributed by atoms with Crippen molar-refractivity contribution in [2.45, 2.75) is 6.54 Å². The lowest BCUT2D eigenvalue weighted by molar-refractivity contribution is 0.229. The minimum Gasteiger partial charge on any atom is -0.326 e. The molecule has 5 nitrogen and oxygen atoms in total. The van der Waals surface area contributed by atoms with E-state index < -0.39 is 0 Å². The number of hydrogen-bond acceptors (Lipinski definition) is 3. The first-order chi connectivity index (χ1) is 8.22. The summed E-state index contributed by atoms with van der Waals surface area (Å²) in [5, 5.41) is 0. The van der Waals surface area contributed by atoms with Gasteiger partial charge < -0.3 is 4.90 Å². The van der Waals surface area contributed by atoms with Gasteiger partial charge in [-0.1, -0.05) is 12.1 Å². The Kier molecular flexibility index (Phi) is 3.21. The molecule has 0 radical (unpaired) electrons. The lowest BCUT2D eigenvalue weighted by Crippen LogP contribution is -2.29. The molecule has 0 aromatic heterocycles. The van der Waals surface area contributed by atoms with E-state index in [1.165, 1.54) is 6.08 Å². The standard InChI is InChI=1S/C12H13N3O2/c1-14-5-6-15(12(14)17)11-4-2-3-10(7-11)8-13-9-16/h2-4,7H,5-6,8H2,1H3. The molecule has 1 heterocycles. The fourth-order valence-electron chi connectivity index (χ4n) is 1.83. The summed E-state index contributed by atoms with van der Waals surface area (Å²) in [7, 11) is 1.78. The molecule has 17 heavy (non-hydrogen) atoms. The maximum atomic E-state index is 11.8. The lowest BCUT2D eigenvalue weighted by atomic mass is 10.2. The minimum atomic E-state index is 0.000962. The highest BCUT2D eigenvalue weighted by atomic mass is 16.2. The van der Waals surface area contributed by atoms with Crippen LogP contribution in [0.1, 0.15) is 5.56 Å². The number of aliphatic imine (C=N–C) groups is 1. The molecule has 1 aliphatic heterocycles. The van der Waals surface area contributed by atoms with Crippen molar-refractivity contribution in [2.24, 2.45) is 4.99 Å². The van der Waals surface area contributed by atoms with Crippen LogP contribution in [0.2, 0.25) is 0 Å². The van der Waals surface area contributed by atoms with E-state index in [1.54, 1.807) is 16.8 Å². The maximum Gasteiger partial charge on any atom is 0.324 e. The quantitative estimate of drug-likeness (QED) is 0.583. The summed E-state index contributed by atoms with van der Waals surface area (Å²) in [6.45, 7) is 1.72. The number of amides is 2. The van der Waals surface area contributed by atoms with Crippen LogP contribution in [0.25, 0.3) is 0 Å². The molecule has 0 N–H and O–H groups in total. The zero-order valence-electron chi connectivity index (χ0n) is 9.59. The molecule has 2 amide bonds. The van der Waals surface area contributed by atoms with Gasteiger partial charge in [-0.05, 0) is 17.7 Å². The van der Waals surface area contributed by atoms with E-state index >= 15 is 0 Å². The van der Waals surface area contributed by atoms with Crippen molar-refractivity contribution in [2.75, 3.05) is 25.0 Å². The van der Waals surface area contributed by atoms with Gasteiger partial charge in [-0.2, -0.15) is 0 Å².